The first-order valence-corrected chi connectivity index (χ1v) is 6.34. The average Bonchev–Trinajstić information content (AvgIpc) is 2.43. The van der Waals surface area contributed by atoms with Crippen LogP contribution in [0.25, 0.3) is 0 Å². The van der Waals surface area contributed by atoms with Crippen LogP contribution in [0.5, 0.6) is 0 Å². The largest absolute Gasteiger partial charge is 0.396 e. The Hall–Kier alpha value is -1.90. The first-order valence-electron chi connectivity index (χ1n) is 6.34. The first-order chi connectivity index (χ1) is 9.15. The lowest BCUT2D eigenvalue weighted by molar-refractivity contribution is -0.122. The summed E-state index contributed by atoms with van der Waals surface area (Å²) in [5.74, 6) is -0.0307. The molecular formula is C14H17N3O2. The number of hydrogen-bond donors (Lipinski definition) is 2. The zero-order valence-corrected chi connectivity index (χ0v) is 10.8. The van der Waals surface area contributed by atoms with Crippen LogP contribution in [-0.2, 0) is 4.79 Å². The number of carbonyl (C=O) groups is 1. The number of anilines is 1. The van der Waals surface area contributed by atoms with E-state index in [4.69, 9.17) is 10.4 Å². The summed E-state index contributed by atoms with van der Waals surface area (Å²) >= 11 is 0. The molecule has 5 heteroatoms. The molecular weight excluding hydrogens is 242 g/mol. The summed E-state index contributed by atoms with van der Waals surface area (Å²) in [4.78, 5) is 14.0. The third-order valence-electron chi connectivity index (χ3n) is 3.23. The number of benzene rings is 1. The zero-order valence-electron chi connectivity index (χ0n) is 10.8. The Labute approximate surface area is 112 Å². The van der Waals surface area contributed by atoms with Crippen LogP contribution in [0.15, 0.2) is 24.3 Å². The maximum Gasteiger partial charge on any atom is 0.244 e. The van der Waals surface area contributed by atoms with Gasteiger partial charge in [0.2, 0.25) is 5.91 Å². The maximum atomic E-state index is 12.3. The molecule has 0 aromatic heterocycles. The van der Waals surface area contributed by atoms with Crippen LogP contribution in [0.3, 0.4) is 0 Å². The van der Waals surface area contributed by atoms with Crippen LogP contribution in [0.1, 0.15) is 18.9 Å². The summed E-state index contributed by atoms with van der Waals surface area (Å²) in [6.07, 6.45) is 0.413. The molecule has 0 bridgehead atoms. The highest BCUT2D eigenvalue weighted by molar-refractivity contribution is 5.98. The molecule has 5 nitrogen and oxygen atoms in total. The number of aliphatic hydroxyl groups excluding tert-OH is 1. The molecule has 1 aliphatic heterocycles. The molecule has 19 heavy (non-hydrogen) atoms. The van der Waals surface area contributed by atoms with Gasteiger partial charge in [0.05, 0.1) is 17.7 Å². The highest BCUT2D eigenvalue weighted by Gasteiger charge is 2.32. The van der Waals surface area contributed by atoms with Gasteiger partial charge in [-0.3, -0.25) is 4.79 Å². The molecule has 1 aromatic rings. The smallest absolute Gasteiger partial charge is 0.244 e. The number of carbonyl (C=O) groups excluding carboxylic acids is 1. The van der Waals surface area contributed by atoms with Crippen molar-refractivity contribution in [1.29, 1.82) is 5.26 Å². The molecule has 0 radical (unpaired) electrons. The maximum absolute atomic E-state index is 12.3. The monoisotopic (exact) mass is 259 g/mol. The lowest BCUT2D eigenvalue weighted by Crippen LogP contribution is -2.59. The van der Waals surface area contributed by atoms with E-state index in [9.17, 15) is 4.79 Å². The van der Waals surface area contributed by atoms with Crippen LogP contribution in [0.2, 0.25) is 0 Å². The lowest BCUT2D eigenvalue weighted by Gasteiger charge is -2.37. The Morgan fingerprint density at radius 3 is 2.74 bits per heavy atom. The number of aliphatic hydroxyl groups is 1. The zero-order chi connectivity index (χ0) is 13.8. The van der Waals surface area contributed by atoms with Gasteiger partial charge in [-0.15, -0.1) is 0 Å². The number of nitriles is 1. The molecule has 1 amide bonds. The number of rotatable bonds is 3. The predicted molar refractivity (Wildman–Crippen MR) is 71.6 cm³/mol. The van der Waals surface area contributed by atoms with Crippen molar-refractivity contribution >= 4 is 11.6 Å². The fourth-order valence-electron chi connectivity index (χ4n) is 2.30. The lowest BCUT2D eigenvalue weighted by atomic mass is 10.1. The second-order valence-corrected chi connectivity index (χ2v) is 4.74. The molecule has 100 valence electrons. The number of hydrogen-bond acceptors (Lipinski definition) is 4. The van der Waals surface area contributed by atoms with E-state index in [0.717, 1.165) is 5.69 Å². The van der Waals surface area contributed by atoms with E-state index in [2.05, 4.69) is 11.4 Å². The number of nitrogens with one attached hydrogen (secondary N) is 1. The van der Waals surface area contributed by atoms with Crippen molar-refractivity contribution in [2.24, 2.45) is 0 Å². The highest BCUT2D eigenvalue weighted by atomic mass is 16.3. The molecule has 2 atom stereocenters. The third kappa shape index (κ3) is 2.92. The Balaban J connectivity index is 2.21. The summed E-state index contributed by atoms with van der Waals surface area (Å²) < 4.78 is 0. The Bertz CT molecular complexity index is 492. The minimum Gasteiger partial charge on any atom is -0.396 e. The first kappa shape index (κ1) is 13.5. The molecule has 2 rings (SSSR count). The van der Waals surface area contributed by atoms with Gasteiger partial charge in [0.15, 0.2) is 0 Å². The predicted octanol–water partition coefficient (Wildman–Crippen LogP) is 0.634. The van der Waals surface area contributed by atoms with Crippen LogP contribution in [0.4, 0.5) is 5.69 Å². The minimum absolute atomic E-state index is 0.0165. The molecule has 1 aromatic carbocycles. The molecule has 1 fully saturated rings. The fourth-order valence-corrected chi connectivity index (χ4v) is 2.30. The Morgan fingerprint density at radius 2 is 2.16 bits per heavy atom. The van der Waals surface area contributed by atoms with Crippen LogP contribution in [0, 0.1) is 11.3 Å². The van der Waals surface area contributed by atoms with Gasteiger partial charge in [-0.25, -0.2) is 0 Å². The van der Waals surface area contributed by atoms with Crippen LogP contribution in [-0.4, -0.2) is 36.2 Å². The van der Waals surface area contributed by atoms with Crippen LogP contribution < -0.4 is 10.2 Å². The molecule has 2 N–H and O–H groups in total. The average molecular weight is 259 g/mol. The van der Waals surface area contributed by atoms with E-state index in [1.54, 1.807) is 29.2 Å². The number of nitrogens with zero attached hydrogens (tertiary/aromatic N) is 2. The van der Waals surface area contributed by atoms with E-state index < -0.39 is 0 Å². The standard InChI is InChI=1S/C14H17N3O2/c1-10-9-17(14(19)13(16-10)6-7-18)12-4-2-11(8-15)3-5-12/h2-5,10,13,16,18H,6-7,9H2,1H3. The molecule has 2 unspecified atom stereocenters. The summed E-state index contributed by atoms with van der Waals surface area (Å²) in [7, 11) is 0. The van der Waals surface area contributed by atoms with Gasteiger partial charge >= 0.3 is 0 Å². The Morgan fingerprint density at radius 1 is 1.47 bits per heavy atom. The molecule has 1 aliphatic rings. The van der Waals surface area contributed by atoms with E-state index in [0.29, 0.717) is 18.5 Å². The van der Waals surface area contributed by atoms with E-state index >= 15 is 0 Å². The number of amides is 1. The van der Waals surface area contributed by atoms with Gasteiger partial charge in [-0.05, 0) is 37.6 Å². The van der Waals surface area contributed by atoms with Crippen molar-refractivity contribution in [1.82, 2.24) is 5.32 Å². The van der Waals surface area contributed by atoms with Crippen molar-refractivity contribution in [3.8, 4) is 6.07 Å². The van der Waals surface area contributed by atoms with E-state index in [1.165, 1.54) is 0 Å². The van der Waals surface area contributed by atoms with Gasteiger partial charge in [-0.1, -0.05) is 0 Å². The van der Waals surface area contributed by atoms with Gasteiger partial charge < -0.3 is 15.3 Å². The van der Waals surface area contributed by atoms with Gasteiger partial charge in [0.1, 0.15) is 0 Å². The van der Waals surface area contributed by atoms with Crippen molar-refractivity contribution < 1.29 is 9.90 Å². The molecule has 1 heterocycles. The second kappa shape index (κ2) is 5.83. The van der Waals surface area contributed by atoms with Crippen molar-refractivity contribution in [3.63, 3.8) is 0 Å². The second-order valence-electron chi connectivity index (χ2n) is 4.74. The van der Waals surface area contributed by atoms with Gasteiger partial charge in [-0.2, -0.15) is 5.26 Å². The molecule has 1 saturated heterocycles. The van der Waals surface area contributed by atoms with Crippen molar-refractivity contribution in [2.45, 2.75) is 25.4 Å². The number of piperazine rings is 1. The molecule has 0 saturated carbocycles. The normalized spacial score (nSPS) is 23.2. The molecule has 0 spiro atoms. The van der Waals surface area contributed by atoms with E-state index in [-0.39, 0.29) is 24.6 Å². The quantitative estimate of drug-likeness (QED) is 0.835. The SMILES string of the molecule is CC1CN(c2ccc(C#N)cc2)C(=O)C(CCO)N1. The van der Waals surface area contributed by atoms with Gasteiger partial charge in [0, 0.05) is 24.9 Å². The third-order valence-corrected chi connectivity index (χ3v) is 3.23. The van der Waals surface area contributed by atoms with E-state index in [1.807, 2.05) is 6.92 Å². The highest BCUT2D eigenvalue weighted by Crippen LogP contribution is 2.20. The Kier molecular flexibility index (Phi) is 4.15. The summed E-state index contributed by atoms with van der Waals surface area (Å²) in [6, 6.07) is 8.86. The van der Waals surface area contributed by atoms with Gasteiger partial charge in [0.25, 0.3) is 0 Å². The topological polar surface area (TPSA) is 76.4 Å². The summed E-state index contributed by atoms with van der Waals surface area (Å²) in [5, 5.41) is 21.0. The molecule has 0 aliphatic carbocycles. The van der Waals surface area contributed by atoms with Crippen LogP contribution >= 0.6 is 0 Å². The summed E-state index contributed by atoms with van der Waals surface area (Å²) in [6.45, 7) is 2.58. The fraction of sp³-hybridized carbons (Fsp3) is 0.429. The van der Waals surface area contributed by atoms with Crippen molar-refractivity contribution in [3.05, 3.63) is 29.8 Å². The minimum atomic E-state index is -0.343. The van der Waals surface area contributed by atoms with Crippen molar-refractivity contribution in [2.75, 3.05) is 18.1 Å². The summed E-state index contributed by atoms with van der Waals surface area (Å²) in [5.41, 5.74) is 1.37.